The van der Waals surface area contributed by atoms with Gasteiger partial charge in [-0.15, -0.1) is 0 Å². The predicted octanol–water partition coefficient (Wildman–Crippen LogP) is 2.18. The number of nitrogens with one attached hydrogen (secondary N) is 1. The fraction of sp³-hybridized carbons (Fsp3) is 0.333. The molecule has 0 bridgehead atoms. The lowest BCUT2D eigenvalue weighted by molar-refractivity contribution is 0.629. The molecule has 1 aliphatic rings. The van der Waals surface area contributed by atoms with Crippen molar-refractivity contribution in [3.8, 4) is 0 Å². The van der Waals surface area contributed by atoms with Crippen molar-refractivity contribution in [2.45, 2.75) is 6.92 Å². The lowest BCUT2D eigenvalue weighted by atomic mass is 10.2. The molecule has 0 aliphatic carbocycles. The zero-order valence-electron chi connectivity index (χ0n) is 14.3. The molecule has 3 aromatic rings. The van der Waals surface area contributed by atoms with E-state index in [2.05, 4.69) is 38.1 Å². The van der Waals surface area contributed by atoms with E-state index in [9.17, 15) is 0 Å². The SMILES string of the molecule is CCNc1nc(N2CCN(c3ncccn3)CC2)nc2ccccc12. The van der Waals surface area contributed by atoms with Crippen molar-refractivity contribution in [3.05, 3.63) is 42.7 Å². The van der Waals surface area contributed by atoms with Gasteiger partial charge in [-0.25, -0.2) is 15.0 Å². The van der Waals surface area contributed by atoms with Gasteiger partial charge in [-0.05, 0) is 25.1 Å². The van der Waals surface area contributed by atoms with Crippen molar-refractivity contribution in [3.63, 3.8) is 0 Å². The highest BCUT2D eigenvalue weighted by Crippen LogP contribution is 2.24. The Morgan fingerprint density at radius 3 is 2.28 bits per heavy atom. The molecule has 1 saturated heterocycles. The van der Waals surface area contributed by atoms with Crippen LogP contribution in [0.3, 0.4) is 0 Å². The van der Waals surface area contributed by atoms with Crippen molar-refractivity contribution in [2.24, 2.45) is 0 Å². The lowest BCUT2D eigenvalue weighted by Gasteiger charge is -2.34. The quantitative estimate of drug-likeness (QED) is 0.783. The van der Waals surface area contributed by atoms with Gasteiger partial charge in [-0.3, -0.25) is 0 Å². The van der Waals surface area contributed by atoms with Crippen LogP contribution in [0.2, 0.25) is 0 Å². The van der Waals surface area contributed by atoms with E-state index < -0.39 is 0 Å². The summed E-state index contributed by atoms with van der Waals surface area (Å²) in [7, 11) is 0. The molecular formula is C18H21N7. The first-order chi connectivity index (χ1) is 12.3. The Balaban J connectivity index is 1.56. The number of aromatic nitrogens is 4. The molecule has 1 aliphatic heterocycles. The van der Waals surface area contributed by atoms with E-state index >= 15 is 0 Å². The molecule has 7 heteroatoms. The fourth-order valence-corrected chi connectivity index (χ4v) is 3.07. The van der Waals surface area contributed by atoms with Gasteiger partial charge in [0.25, 0.3) is 0 Å². The number of hydrogen-bond acceptors (Lipinski definition) is 7. The van der Waals surface area contributed by atoms with Crippen LogP contribution in [0.4, 0.5) is 17.7 Å². The molecule has 0 saturated carbocycles. The number of piperazine rings is 1. The molecular weight excluding hydrogens is 314 g/mol. The molecule has 1 N–H and O–H groups in total. The summed E-state index contributed by atoms with van der Waals surface area (Å²) in [5.74, 6) is 2.47. The van der Waals surface area contributed by atoms with Gasteiger partial charge >= 0.3 is 0 Å². The average Bonchev–Trinajstić information content (AvgIpc) is 2.69. The predicted molar refractivity (Wildman–Crippen MR) is 100 cm³/mol. The highest BCUT2D eigenvalue weighted by Gasteiger charge is 2.21. The topological polar surface area (TPSA) is 70.1 Å². The van der Waals surface area contributed by atoms with Crippen LogP contribution in [0.5, 0.6) is 0 Å². The van der Waals surface area contributed by atoms with E-state index in [4.69, 9.17) is 9.97 Å². The first-order valence-electron chi connectivity index (χ1n) is 8.62. The van der Waals surface area contributed by atoms with Crippen molar-refractivity contribution in [1.82, 2.24) is 19.9 Å². The van der Waals surface area contributed by atoms with Crippen LogP contribution >= 0.6 is 0 Å². The average molecular weight is 335 g/mol. The van der Waals surface area contributed by atoms with Crippen LogP contribution in [0.25, 0.3) is 10.9 Å². The lowest BCUT2D eigenvalue weighted by Crippen LogP contribution is -2.47. The summed E-state index contributed by atoms with van der Waals surface area (Å²) in [5.41, 5.74) is 0.970. The number of benzene rings is 1. The van der Waals surface area contributed by atoms with E-state index in [1.54, 1.807) is 12.4 Å². The van der Waals surface area contributed by atoms with E-state index in [1.165, 1.54) is 0 Å². The van der Waals surface area contributed by atoms with Crippen molar-refractivity contribution in [2.75, 3.05) is 47.8 Å². The molecule has 0 spiro atoms. The van der Waals surface area contributed by atoms with Gasteiger partial charge in [0.1, 0.15) is 5.82 Å². The first kappa shape index (κ1) is 15.6. The van der Waals surface area contributed by atoms with Gasteiger partial charge in [0, 0.05) is 50.5 Å². The number of hydrogen-bond donors (Lipinski definition) is 1. The minimum atomic E-state index is 0.781. The third kappa shape index (κ3) is 3.17. The molecule has 3 heterocycles. The third-order valence-corrected chi connectivity index (χ3v) is 4.33. The second-order valence-electron chi connectivity index (χ2n) is 5.94. The van der Waals surface area contributed by atoms with Gasteiger partial charge in [-0.1, -0.05) is 12.1 Å². The number of nitrogens with zero attached hydrogens (tertiary/aromatic N) is 6. The summed E-state index contributed by atoms with van der Waals surface area (Å²) in [6.07, 6.45) is 3.56. The molecule has 1 fully saturated rings. The maximum atomic E-state index is 4.77. The molecule has 0 unspecified atom stereocenters. The zero-order chi connectivity index (χ0) is 17.1. The van der Waals surface area contributed by atoms with Gasteiger partial charge in [0.05, 0.1) is 5.52 Å². The Kier molecular flexibility index (Phi) is 4.28. The van der Waals surface area contributed by atoms with Crippen LogP contribution in [0.15, 0.2) is 42.7 Å². The smallest absolute Gasteiger partial charge is 0.228 e. The molecule has 1 aromatic carbocycles. The number of rotatable bonds is 4. The van der Waals surface area contributed by atoms with Crippen LogP contribution in [0.1, 0.15) is 6.92 Å². The Bertz CT molecular complexity index is 844. The van der Waals surface area contributed by atoms with Gasteiger partial charge in [-0.2, -0.15) is 4.98 Å². The Morgan fingerprint density at radius 1 is 0.880 bits per heavy atom. The number of anilines is 3. The third-order valence-electron chi connectivity index (χ3n) is 4.33. The van der Waals surface area contributed by atoms with Crippen molar-refractivity contribution in [1.29, 1.82) is 0 Å². The molecule has 0 radical (unpaired) electrons. The minimum Gasteiger partial charge on any atom is -0.370 e. The maximum Gasteiger partial charge on any atom is 0.228 e. The van der Waals surface area contributed by atoms with Crippen LogP contribution in [-0.4, -0.2) is 52.7 Å². The summed E-state index contributed by atoms with van der Waals surface area (Å²) in [4.78, 5) is 22.6. The summed E-state index contributed by atoms with van der Waals surface area (Å²) in [6, 6.07) is 9.96. The zero-order valence-corrected chi connectivity index (χ0v) is 14.3. The largest absolute Gasteiger partial charge is 0.370 e. The van der Waals surface area contributed by atoms with E-state index in [-0.39, 0.29) is 0 Å². The molecule has 0 atom stereocenters. The first-order valence-corrected chi connectivity index (χ1v) is 8.62. The van der Waals surface area contributed by atoms with Gasteiger partial charge in [0.2, 0.25) is 11.9 Å². The summed E-state index contributed by atoms with van der Waals surface area (Å²) in [5, 5.41) is 4.42. The van der Waals surface area contributed by atoms with E-state index in [1.807, 2.05) is 24.3 Å². The molecule has 128 valence electrons. The molecule has 2 aromatic heterocycles. The molecule has 0 amide bonds. The normalized spacial score (nSPS) is 14.8. The second kappa shape index (κ2) is 6.88. The standard InChI is InChI=1S/C18H21N7/c1-2-19-16-14-6-3-4-7-15(14)22-18(23-16)25-12-10-24(11-13-25)17-20-8-5-9-21-17/h3-9H,2,10-13H2,1H3,(H,19,22,23). The van der Waals surface area contributed by atoms with E-state index in [0.717, 1.165) is 61.3 Å². The van der Waals surface area contributed by atoms with Gasteiger partial charge < -0.3 is 15.1 Å². The number of para-hydroxylation sites is 1. The van der Waals surface area contributed by atoms with Crippen LogP contribution < -0.4 is 15.1 Å². The van der Waals surface area contributed by atoms with Crippen LogP contribution in [0, 0.1) is 0 Å². The molecule has 25 heavy (non-hydrogen) atoms. The van der Waals surface area contributed by atoms with Crippen molar-refractivity contribution >= 4 is 28.6 Å². The second-order valence-corrected chi connectivity index (χ2v) is 5.94. The summed E-state index contributed by atoms with van der Waals surface area (Å²) < 4.78 is 0. The number of fused-ring (bicyclic) bond motifs is 1. The summed E-state index contributed by atoms with van der Waals surface area (Å²) >= 11 is 0. The summed E-state index contributed by atoms with van der Waals surface area (Å²) in [6.45, 7) is 6.33. The van der Waals surface area contributed by atoms with Gasteiger partial charge in [0.15, 0.2) is 0 Å². The maximum absolute atomic E-state index is 4.77. The van der Waals surface area contributed by atoms with E-state index in [0.29, 0.717) is 0 Å². The van der Waals surface area contributed by atoms with Crippen molar-refractivity contribution < 1.29 is 0 Å². The van der Waals surface area contributed by atoms with Crippen LogP contribution in [-0.2, 0) is 0 Å². The Labute approximate surface area is 146 Å². The fourth-order valence-electron chi connectivity index (χ4n) is 3.07. The monoisotopic (exact) mass is 335 g/mol. The highest BCUT2D eigenvalue weighted by atomic mass is 15.4. The molecule has 7 nitrogen and oxygen atoms in total. The Morgan fingerprint density at radius 2 is 1.56 bits per heavy atom. The Hall–Kier alpha value is -2.96. The highest BCUT2D eigenvalue weighted by molar-refractivity contribution is 5.90. The molecule has 4 rings (SSSR count). The minimum absolute atomic E-state index is 0.781.